The van der Waals surface area contributed by atoms with Gasteiger partial charge in [-0.25, -0.2) is 0 Å². The summed E-state index contributed by atoms with van der Waals surface area (Å²) in [6, 6.07) is 4.19. The van der Waals surface area contributed by atoms with Crippen molar-refractivity contribution < 1.29 is 9.53 Å². The van der Waals surface area contributed by atoms with Crippen molar-refractivity contribution in [3.8, 4) is 0 Å². The number of hydrogen-bond donors (Lipinski definition) is 1. The van der Waals surface area contributed by atoms with Crippen molar-refractivity contribution in [2.24, 2.45) is 0 Å². The minimum absolute atomic E-state index is 0.167. The van der Waals surface area contributed by atoms with Crippen LogP contribution in [0.15, 0.2) is 18.3 Å². The van der Waals surface area contributed by atoms with Gasteiger partial charge in [-0.15, -0.1) is 0 Å². The predicted octanol–water partition coefficient (Wildman–Crippen LogP) is 2.11. The van der Waals surface area contributed by atoms with Gasteiger partial charge in [-0.3, -0.25) is 4.79 Å². The second-order valence-electron chi connectivity index (χ2n) is 4.15. The minimum Gasteiger partial charge on any atom is -0.464 e. The van der Waals surface area contributed by atoms with Crippen LogP contribution < -0.4 is 5.32 Å². The summed E-state index contributed by atoms with van der Waals surface area (Å²) >= 11 is 0. The zero-order valence-corrected chi connectivity index (χ0v) is 10.9. The topological polar surface area (TPSA) is 43.3 Å². The van der Waals surface area contributed by atoms with Crippen LogP contribution in [0.1, 0.15) is 38.4 Å². The maximum absolute atomic E-state index is 11.6. The van der Waals surface area contributed by atoms with Crippen LogP contribution in [0.4, 0.5) is 0 Å². The van der Waals surface area contributed by atoms with Gasteiger partial charge in [-0.1, -0.05) is 13.3 Å². The van der Waals surface area contributed by atoms with Gasteiger partial charge in [-0.05, 0) is 32.5 Å². The Hall–Kier alpha value is -1.29. The first-order valence-corrected chi connectivity index (χ1v) is 6.17. The third-order valence-electron chi connectivity index (χ3n) is 2.80. The van der Waals surface area contributed by atoms with E-state index in [0.29, 0.717) is 6.61 Å². The van der Waals surface area contributed by atoms with Crippen LogP contribution in [-0.2, 0) is 16.1 Å². The lowest BCUT2D eigenvalue weighted by molar-refractivity contribution is -0.144. The van der Waals surface area contributed by atoms with E-state index in [1.165, 1.54) is 0 Å². The molecule has 1 heterocycles. The highest BCUT2D eigenvalue weighted by Gasteiger charge is 2.11. The second kappa shape index (κ2) is 7.12. The molecule has 0 amide bonds. The average Bonchev–Trinajstić information content (AvgIpc) is 2.76. The van der Waals surface area contributed by atoms with E-state index < -0.39 is 0 Å². The molecule has 0 radical (unpaired) electrons. The van der Waals surface area contributed by atoms with E-state index >= 15 is 0 Å². The quantitative estimate of drug-likeness (QED) is 0.584. The van der Waals surface area contributed by atoms with Crippen molar-refractivity contribution in [3.63, 3.8) is 0 Å². The van der Waals surface area contributed by atoms with Gasteiger partial charge in [-0.2, -0.15) is 0 Å². The maximum atomic E-state index is 11.6. The Morgan fingerprint density at radius 1 is 1.59 bits per heavy atom. The Labute approximate surface area is 103 Å². The molecule has 0 fully saturated rings. The molecular formula is C13H22N2O2. The largest absolute Gasteiger partial charge is 0.464 e. The van der Waals surface area contributed by atoms with Gasteiger partial charge in [0.25, 0.3) is 0 Å². The van der Waals surface area contributed by atoms with E-state index in [0.717, 1.165) is 18.5 Å². The molecule has 1 aromatic heterocycles. The molecule has 1 rings (SSSR count). The number of ether oxygens (including phenoxy) is 1. The van der Waals surface area contributed by atoms with Gasteiger partial charge in [0.15, 0.2) is 0 Å². The molecule has 0 bridgehead atoms. The zero-order valence-electron chi connectivity index (χ0n) is 10.9. The molecule has 1 N–H and O–H groups in total. The van der Waals surface area contributed by atoms with Gasteiger partial charge >= 0.3 is 5.97 Å². The van der Waals surface area contributed by atoms with Gasteiger partial charge in [0.2, 0.25) is 0 Å². The van der Waals surface area contributed by atoms with Crippen LogP contribution in [0.3, 0.4) is 0 Å². The highest BCUT2D eigenvalue weighted by molar-refractivity contribution is 5.69. The monoisotopic (exact) mass is 238 g/mol. The van der Waals surface area contributed by atoms with Crippen molar-refractivity contribution in [1.29, 1.82) is 0 Å². The number of esters is 1. The van der Waals surface area contributed by atoms with Crippen LogP contribution in [-0.4, -0.2) is 24.2 Å². The number of rotatable bonds is 7. The fourth-order valence-corrected chi connectivity index (χ4v) is 1.63. The van der Waals surface area contributed by atoms with Crippen LogP contribution >= 0.6 is 0 Å². The first kappa shape index (κ1) is 13.8. The molecule has 0 saturated carbocycles. The standard InChI is InChI=1S/C13H22N2O2/c1-4-5-9-17-13(16)10-15-8-6-7-12(15)11(2)14-3/h6-8,11,14H,4-5,9-10H2,1-3H3. The average molecular weight is 238 g/mol. The number of nitrogens with zero attached hydrogens (tertiary/aromatic N) is 1. The summed E-state index contributed by atoms with van der Waals surface area (Å²) in [5.41, 5.74) is 1.10. The number of nitrogens with one attached hydrogen (secondary N) is 1. The van der Waals surface area contributed by atoms with Crippen molar-refractivity contribution >= 4 is 5.97 Å². The highest BCUT2D eigenvalue weighted by atomic mass is 16.5. The van der Waals surface area contributed by atoms with E-state index in [-0.39, 0.29) is 18.6 Å². The lowest BCUT2D eigenvalue weighted by atomic mass is 10.2. The first-order valence-electron chi connectivity index (χ1n) is 6.17. The Morgan fingerprint density at radius 2 is 2.35 bits per heavy atom. The molecule has 4 heteroatoms. The molecule has 1 aromatic rings. The molecule has 1 unspecified atom stereocenters. The molecule has 0 saturated heterocycles. The number of unbranched alkanes of at least 4 members (excludes halogenated alkanes) is 1. The van der Waals surface area contributed by atoms with Gasteiger partial charge in [0.05, 0.1) is 6.61 Å². The lowest BCUT2D eigenvalue weighted by Gasteiger charge is -2.14. The van der Waals surface area contributed by atoms with Crippen molar-refractivity contribution in [3.05, 3.63) is 24.0 Å². The predicted molar refractivity (Wildman–Crippen MR) is 67.8 cm³/mol. The Kier molecular flexibility index (Phi) is 5.77. The summed E-state index contributed by atoms with van der Waals surface area (Å²) in [5, 5.41) is 3.16. The number of carbonyl (C=O) groups excluding carboxylic acids is 1. The summed E-state index contributed by atoms with van der Waals surface area (Å²) in [5.74, 6) is -0.167. The minimum atomic E-state index is -0.167. The lowest BCUT2D eigenvalue weighted by Crippen LogP contribution is -2.20. The summed E-state index contributed by atoms with van der Waals surface area (Å²) < 4.78 is 7.07. The first-order chi connectivity index (χ1) is 8.19. The van der Waals surface area contributed by atoms with E-state index in [1.807, 2.05) is 29.9 Å². The molecule has 0 aliphatic rings. The number of hydrogen-bond acceptors (Lipinski definition) is 3. The van der Waals surface area contributed by atoms with Gasteiger partial charge in [0.1, 0.15) is 6.54 Å². The molecule has 0 spiro atoms. The third kappa shape index (κ3) is 4.23. The summed E-state index contributed by atoms with van der Waals surface area (Å²) in [6.45, 7) is 4.95. The Morgan fingerprint density at radius 3 is 3.00 bits per heavy atom. The molecule has 1 atom stereocenters. The molecule has 0 aromatic carbocycles. The number of aromatic nitrogens is 1. The van der Waals surface area contributed by atoms with E-state index in [2.05, 4.69) is 19.2 Å². The van der Waals surface area contributed by atoms with Crippen LogP contribution in [0.5, 0.6) is 0 Å². The molecular weight excluding hydrogens is 216 g/mol. The maximum Gasteiger partial charge on any atom is 0.325 e. The van der Waals surface area contributed by atoms with E-state index in [9.17, 15) is 4.79 Å². The fraction of sp³-hybridized carbons (Fsp3) is 0.615. The molecule has 0 aliphatic carbocycles. The summed E-state index contributed by atoms with van der Waals surface area (Å²) in [4.78, 5) is 11.6. The highest BCUT2D eigenvalue weighted by Crippen LogP contribution is 2.12. The Balaban J connectivity index is 2.50. The summed E-state index contributed by atoms with van der Waals surface area (Å²) in [6.07, 6.45) is 3.88. The normalized spacial score (nSPS) is 12.4. The fourth-order valence-electron chi connectivity index (χ4n) is 1.63. The van der Waals surface area contributed by atoms with Gasteiger partial charge < -0.3 is 14.6 Å². The second-order valence-corrected chi connectivity index (χ2v) is 4.15. The van der Waals surface area contributed by atoms with Gasteiger partial charge in [0, 0.05) is 17.9 Å². The summed E-state index contributed by atoms with van der Waals surface area (Å²) in [7, 11) is 1.90. The van der Waals surface area contributed by atoms with E-state index in [4.69, 9.17) is 4.74 Å². The molecule has 4 nitrogen and oxygen atoms in total. The smallest absolute Gasteiger partial charge is 0.325 e. The third-order valence-corrected chi connectivity index (χ3v) is 2.80. The molecule has 96 valence electrons. The molecule has 0 aliphatic heterocycles. The van der Waals surface area contributed by atoms with Crippen LogP contribution in [0.25, 0.3) is 0 Å². The van der Waals surface area contributed by atoms with Crippen molar-refractivity contribution in [1.82, 2.24) is 9.88 Å². The van der Waals surface area contributed by atoms with E-state index in [1.54, 1.807) is 0 Å². The SMILES string of the molecule is CCCCOC(=O)Cn1cccc1C(C)NC. The zero-order chi connectivity index (χ0) is 12.7. The van der Waals surface area contributed by atoms with Crippen molar-refractivity contribution in [2.45, 2.75) is 39.3 Å². The van der Waals surface area contributed by atoms with Crippen LogP contribution in [0, 0.1) is 0 Å². The molecule has 17 heavy (non-hydrogen) atoms. The Bertz CT molecular complexity index is 347. The van der Waals surface area contributed by atoms with Crippen LogP contribution in [0.2, 0.25) is 0 Å². The van der Waals surface area contributed by atoms with Crippen molar-refractivity contribution in [2.75, 3.05) is 13.7 Å². The number of carbonyl (C=O) groups is 1.